The van der Waals surface area contributed by atoms with E-state index in [2.05, 4.69) is 33.0 Å². The van der Waals surface area contributed by atoms with E-state index in [4.69, 9.17) is 18.3 Å². The van der Waals surface area contributed by atoms with E-state index in [-0.39, 0.29) is 47.8 Å². The fourth-order valence-corrected chi connectivity index (χ4v) is 14.1. The Morgan fingerprint density at radius 2 is 1.46 bits per heavy atom. The molecule has 3 amide bonds. The molecule has 334 valence electrons. The predicted octanol–water partition coefficient (Wildman–Crippen LogP) is 8.80. The lowest BCUT2D eigenvalue weighted by molar-refractivity contribution is -0.210. The number of fused-ring (bicyclic) bond motifs is 7. The Bertz CT molecular complexity index is 2400. The van der Waals surface area contributed by atoms with Crippen molar-refractivity contribution in [1.29, 1.82) is 0 Å². The lowest BCUT2D eigenvalue weighted by atomic mass is 9.33. The summed E-state index contributed by atoms with van der Waals surface area (Å²) in [6, 6.07) is 18.3. The van der Waals surface area contributed by atoms with Gasteiger partial charge in [0.15, 0.2) is 30.0 Å². The average molecular weight is 861 g/mol. The molecule has 1 N–H and O–H groups in total. The fraction of sp³-hybridized carbons (Fsp3) is 0.569. The van der Waals surface area contributed by atoms with Crippen LogP contribution in [0.4, 0.5) is 4.79 Å². The summed E-state index contributed by atoms with van der Waals surface area (Å²) in [6.07, 6.45) is 7.30. The molecule has 1 aliphatic heterocycles. The third-order valence-electron chi connectivity index (χ3n) is 17.9. The monoisotopic (exact) mass is 860 g/mol. The van der Waals surface area contributed by atoms with Gasteiger partial charge >= 0.3 is 23.8 Å². The van der Waals surface area contributed by atoms with Gasteiger partial charge in [-0.1, -0.05) is 93.9 Å². The Balaban J connectivity index is 1.05. The van der Waals surface area contributed by atoms with Crippen LogP contribution in [0.15, 0.2) is 85.9 Å². The Hall–Kier alpha value is -5.26. The Kier molecular flexibility index (Phi) is 10.2. The summed E-state index contributed by atoms with van der Waals surface area (Å²) in [5.74, 6) is -2.81. The van der Waals surface area contributed by atoms with Gasteiger partial charge in [-0.05, 0) is 129 Å². The lowest BCUT2D eigenvalue weighted by Gasteiger charge is -2.70. The molecule has 2 heterocycles. The van der Waals surface area contributed by atoms with Crippen molar-refractivity contribution in [2.75, 3.05) is 6.54 Å². The van der Waals surface area contributed by atoms with E-state index < -0.39 is 74.8 Å². The first-order valence-corrected chi connectivity index (χ1v) is 22.7. The molecule has 0 radical (unpaired) electrons. The number of aryl methyl sites for hydroxylation is 1. The van der Waals surface area contributed by atoms with Crippen molar-refractivity contribution >= 4 is 29.7 Å². The van der Waals surface area contributed by atoms with Crippen LogP contribution < -0.4 is 11.1 Å². The van der Waals surface area contributed by atoms with E-state index >= 15 is 4.79 Å². The van der Waals surface area contributed by atoms with Crippen LogP contribution in [0.5, 0.6) is 0 Å². The molecule has 63 heavy (non-hydrogen) atoms. The van der Waals surface area contributed by atoms with Gasteiger partial charge in [-0.15, -0.1) is 0 Å². The van der Waals surface area contributed by atoms with Crippen LogP contribution in [0.1, 0.15) is 128 Å². The van der Waals surface area contributed by atoms with Gasteiger partial charge < -0.3 is 23.6 Å². The molecule has 10 atom stereocenters. The number of allylic oxidation sites excluding steroid dienone is 2. The zero-order chi connectivity index (χ0) is 44.9. The molecule has 12 nitrogen and oxygen atoms in total. The average Bonchev–Trinajstić information content (AvgIpc) is 3.77. The van der Waals surface area contributed by atoms with Gasteiger partial charge in [-0.25, -0.2) is 9.59 Å². The molecule has 4 saturated carbocycles. The molecule has 1 aromatic heterocycles. The molecule has 3 aromatic rings. The molecular formula is C51H60N2O10. The first kappa shape index (κ1) is 43.0. The SMILES string of the molecule is Cc1oc(=O)oc1COC(=O)[C@]1(C)[C@@H](N2C(=O)CNC2=O)CC[C@@]2(C)[C@H]1CC[C@]1(C)[C@@H]2C(=O)C=C2[C@@H]3C[C@@](C)(C(=O)OC(c4ccccc4)c4ccccc4)CC[C@]3(C)CC[C@]21C. The number of ketones is 1. The third kappa shape index (κ3) is 6.42. The molecule has 0 unspecified atom stereocenters. The molecule has 5 aliphatic carbocycles. The van der Waals surface area contributed by atoms with Crippen molar-refractivity contribution < 1.29 is 42.3 Å². The van der Waals surface area contributed by atoms with E-state index in [0.717, 1.165) is 36.0 Å². The normalized spacial score (nSPS) is 37.2. The van der Waals surface area contributed by atoms with Crippen LogP contribution in [-0.2, 0) is 35.3 Å². The van der Waals surface area contributed by atoms with Crippen LogP contribution in [0.2, 0.25) is 0 Å². The van der Waals surface area contributed by atoms with E-state index in [1.165, 1.54) is 4.90 Å². The van der Waals surface area contributed by atoms with Crippen LogP contribution in [-0.4, -0.2) is 47.1 Å². The van der Waals surface area contributed by atoms with Gasteiger partial charge in [0, 0.05) is 5.92 Å². The highest BCUT2D eigenvalue weighted by atomic mass is 16.6. The standard InChI is InChI=1S/C51H60N2O10/c1-30-36(62-45(59)61-30)29-60-43(57)51(7)37-18-21-50(6)41(48(37,4)20-19-38(51)53-39(55)28-52-44(53)58)35(54)26-33-34-27-47(3,23-22-46(34,2)24-25-49(33,50)5)42(56)63-40(31-14-10-8-11-15-31)32-16-12-9-13-17-32/h8-17,26,34,37-38,40-41H,18-25,27-29H2,1-7H3,(H,52,58)/t34-,37+,38-,41+,46+,47-,48-,49+,50+,51-/m0/s1. The molecule has 9 rings (SSSR count). The van der Waals surface area contributed by atoms with E-state index in [0.29, 0.717) is 38.5 Å². The molecule has 6 aliphatic rings. The van der Waals surface area contributed by atoms with Crippen molar-refractivity contribution in [1.82, 2.24) is 10.2 Å². The Morgan fingerprint density at radius 1 is 0.810 bits per heavy atom. The molecule has 2 aromatic carbocycles. The van der Waals surface area contributed by atoms with Gasteiger partial charge in [0.05, 0.1) is 23.4 Å². The first-order valence-electron chi connectivity index (χ1n) is 22.7. The minimum atomic E-state index is -1.40. The maximum atomic E-state index is 15.3. The number of nitrogens with zero attached hydrogens (tertiary/aromatic N) is 1. The topological polar surface area (TPSA) is 162 Å². The van der Waals surface area contributed by atoms with Crippen LogP contribution in [0, 0.1) is 57.2 Å². The van der Waals surface area contributed by atoms with E-state index in [9.17, 15) is 24.0 Å². The fourth-order valence-electron chi connectivity index (χ4n) is 14.1. The number of benzene rings is 2. The number of carbonyl (C=O) groups excluding carboxylic acids is 5. The maximum Gasteiger partial charge on any atom is 0.519 e. The van der Waals surface area contributed by atoms with E-state index in [1.54, 1.807) is 13.8 Å². The highest BCUT2D eigenvalue weighted by molar-refractivity contribution is 6.03. The molecular weight excluding hydrogens is 801 g/mol. The third-order valence-corrected chi connectivity index (χ3v) is 17.9. The van der Waals surface area contributed by atoms with Crippen molar-refractivity contribution in [3.8, 4) is 0 Å². The van der Waals surface area contributed by atoms with Crippen molar-refractivity contribution in [2.45, 2.75) is 125 Å². The van der Waals surface area contributed by atoms with Gasteiger partial charge in [-0.2, -0.15) is 0 Å². The largest absolute Gasteiger partial charge is 0.519 e. The maximum absolute atomic E-state index is 15.3. The minimum absolute atomic E-state index is 0.0243. The molecule has 5 fully saturated rings. The lowest BCUT2D eigenvalue weighted by Crippen LogP contribution is -2.70. The number of hydrogen-bond acceptors (Lipinski definition) is 10. The van der Waals surface area contributed by atoms with Crippen molar-refractivity contribution in [3.05, 3.63) is 106 Å². The summed E-state index contributed by atoms with van der Waals surface area (Å²) in [6.45, 7) is 13.9. The summed E-state index contributed by atoms with van der Waals surface area (Å²) in [5, 5.41) is 2.63. The number of ether oxygens (including phenoxy) is 2. The number of urea groups is 1. The zero-order valence-corrected chi connectivity index (χ0v) is 37.5. The quantitative estimate of drug-likeness (QED) is 0.171. The minimum Gasteiger partial charge on any atom is -0.457 e. The molecule has 1 saturated heterocycles. The number of nitrogens with one attached hydrogen (secondary N) is 1. The molecule has 0 spiro atoms. The van der Waals surface area contributed by atoms with Crippen LogP contribution in [0.25, 0.3) is 0 Å². The summed E-state index contributed by atoms with van der Waals surface area (Å²) >= 11 is 0. The highest BCUT2D eigenvalue weighted by Gasteiger charge is 2.73. The summed E-state index contributed by atoms with van der Waals surface area (Å²) in [5.41, 5.74) is -0.953. The van der Waals surface area contributed by atoms with Gasteiger partial charge in [0.1, 0.15) is 0 Å². The first-order chi connectivity index (χ1) is 29.8. The second-order valence-corrected chi connectivity index (χ2v) is 21.1. The smallest absolute Gasteiger partial charge is 0.457 e. The number of hydrogen-bond donors (Lipinski definition) is 1. The summed E-state index contributed by atoms with van der Waals surface area (Å²) < 4.78 is 22.7. The van der Waals surface area contributed by atoms with Gasteiger partial charge in [0.2, 0.25) is 5.91 Å². The second-order valence-electron chi connectivity index (χ2n) is 21.1. The molecule has 12 heteroatoms. The zero-order valence-electron chi connectivity index (χ0n) is 37.5. The van der Waals surface area contributed by atoms with Gasteiger partial charge in [0.25, 0.3) is 0 Å². The van der Waals surface area contributed by atoms with Crippen LogP contribution in [0.3, 0.4) is 0 Å². The van der Waals surface area contributed by atoms with Crippen LogP contribution >= 0.6 is 0 Å². The Labute approximate surface area is 368 Å². The van der Waals surface area contributed by atoms with Crippen molar-refractivity contribution in [2.24, 2.45) is 50.2 Å². The number of amides is 3. The van der Waals surface area contributed by atoms with Crippen molar-refractivity contribution in [3.63, 3.8) is 0 Å². The van der Waals surface area contributed by atoms with Gasteiger partial charge in [-0.3, -0.25) is 24.1 Å². The number of carbonyl (C=O) groups is 5. The van der Waals surface area contributed by atoms with E-state index in [1.807, 2.05) is 73.7 Å². The summed E-state index contributed by atoms with van der Waals surface area (Å²) in [7, 11) is 0. The number of esters is 2. The predicted molar refractivity (Wildman–Crippen MR) is 230 cm³/mol. The molecule has 0 bridgehead atoms. The highest BCUT2D eigenvalue weighted by Crippen LogP contribution is 2.75. The Morgan fingerprint density at radius 3 is 2.06 bits per heavy atom. The number of rotatable bonds is 8. The summed E-state index contributed by atoms with van der Waals surface area (Å²) in [4.78, 5) is 84.4. The number of imide groups is 1. The second kappa shape index (κ2) is 14.9.